The molecule has 0 saturated heterocycles. The third-order valence-corrected chi connectivity index (χ3v) is 3.44. The molecule has 0 bridgehead atoms. The van der Waals surface area contributed by atoms with Crippen LogP contribution in [0.15, 0.2) is 36.6 Å². The van der Waals surface area contributed by atoms with Crippen LogP contribution in [-0.4, -0.2) is 34.7 Å². The summed E-state index contributed by atoms with van der Waals surface area (Å²) in [5.41, 5.74) is 0.863. The molecule has 0 aliphatic rings. The van der Waals surface area contributed by atoms with E-state index in [2.05, 4.69) is 11.6 Å². The van der Waals surface area contributed by atoms with Gasteiger partial charge < -0.3 is 14.2 Å². The molecule has 0 fully saturated rings. The number of imidazole rings is 1. The minimum atomic E-state index is -0.693. The lowest BCUT2D eigenvalue weighted by molar-refractivity contribution is -0.137. The molecule has 27 heavy (non-hydrogen) atoms. The Bertz CT molecular complexity index is 890. The van der Waals surface area contributed by atoms with E-state index < -0.39 is 5.97 Å². The smallest absolute Gasteiger partial charge is 0.348 e. The van der Waals surface area contributed by atoms with Crippen LogP contribution in [0.4, 0.5) is 0 Å². The summed E-state index contributed by atoms with van der Waals surface area (Å²) in [5, 5.41) is 9.34. The molecular formula is C20H23N3O4. The van der Waals surface area contributed by atoms with Crippen molar-refractivity contribution in [2.75, 3.05) is 13.2 Å². The monoisotopic (exact) mass is 369 g/mol. The summed E-state index contributed by atoms with van der Waals surface area (Å²) in [7, 11) is 0. The van der Waals surface area contributed by atoms with Crippen LogP contribution in [0.5, 0.6) is 11.6 Å². The second kappa shape index (κ2) is 9.43. The Hall–Kier alpha value is -3.27. The van der Waals surface area contributed by atoms with E-state index in [-0.39, 0.29) is 18.3 Å². The summed E-state index contributed by atoms with van der Waals surface area (Å²) in [6.07, 6.45) is 5.52. The van der Waals surface area contributed by atoms with Gasteiger partial charge in [0.1, 0.15) is 17.3 Å². The van der Waals surface area contributed by atoms with Gasteiger partial charge in [0.2, 0.25) is 5.88 Å². The van der Waals surface area contributed by atoms with Gasteiger partial charge in [0.15, 0.2) is 11.4 Å². The van der Waals surface area contributed by atoms with E-state index in [1.165, 1.54) is 6.08 Å². The molecule has 2 aromatic heterocycles. The molecule has 0 aromatic carbocycles. The summed E-state index contributed by atoms with van der Waals surface area (Å²) in [5.74, 6) is 0.186. The van der Waals surface area contributed by atoms with Gasteiger partial charge in [0.25, 0.3) is 0 Å². The molecule has 0 unspecified atom stereocenters. The zero-order valence-corrected chi connectivity index (χ0v) is 15.8. The molecule has 142 valence electrons. The number of fused-ring (bicyclic) bond motifs is 1. The van der Waals surface area contributed by atoms with Crippen molar-refractivity contribution in [3.8, 4) is 17.7 Å². The van der Waals surface area contributed by atoms with Crippen LogP contribution < -0.4 is 9.47 Å². The molecule has 0 atom stereocenters. The SMILES string of the molecule is C=CCCOc1nc2c(OC(C)C)cccn2c1/C=C(\C#N)C(=O)OCC. The lowest BCUT2D eigenvalue weighted by atomic mass is 10.2. The maximum atomic E-state index is 12.0. The van der Waals surface area contributed by atoms with Crippen molar-refractivity contribution in [2.45, 2.75) is 33.3 Å². The Kier molecular flexibility index (Phi) is 7.00. The first kappa shape index (κ1) is 20.0. The van der Waals surface area contributed by atoms with E-state index in [0.29, 0.717) is 36.0 Å². The van der Waals surface area contributed by atoms with E-state index >= 15 is 0 Å². The molecule has 0 saturated carbocycles. The zero-order chi connectivity index (χ0) is 19.8. The van der Waals surface area contributed by atoms with Crippen LogP contribution in [0.25, 0.3) is 11.7 Å². The quantitative estimate of drug-likeness (QED) is 0.221. The third kappa shape index (κ3) is 4.88. The zero-order valence-electron chi connectivity index (χ0n) is 15.8. The van der Waals surface area contributed by atoms with Crippen molar-refractivity contribution in [1.29, 1.82) is 5.26 Å². The first-order chi connectivity index (χ1) is 13.0. The fourth-order valence-electron chi connectivity index (χ4n) is 2.34. The van der Waals surface area contributed by atoms with Gasteiger partial charge in [-0.05, 0) is 45.4 Å². The van der Waals surface area contributed by atoms with Crippen LogP contribution in [0, 0.1) is 11.3 Å². The molecule has 0 spiro atoms. The number of pyridine rings is 1. The summed E-state index contributed by atoms with van der Waals surface area (Å²) in [6.45, 7) is 9.74. The van der Waals surface area contributed by atoms with Crippen LogP contribution in [0.2, 0.25) is 0 Å². The Morgan fingerprint density at radius 2 is 2.26 bits per heavy atom. The highest BCUT2D eigenvalue weighted by molar-refractivity contribution is 5.98. The predicted molar refractivity (Wildman–Crippen MR) is 101 cm³/mol. The Balaban J connectivity index is 2.59. The Morgan fingerprint density at radius 1 is 1.48 bits per heavy atom. The second-order valence-corrected chi connectivity index (χ2v) is 5.85. The molecular weight excluding hydrogens is 346 g/mol. The highest BCUT2D eigenvalue weighted by atomic mass is 16.5. The molecule has 0 amide bonds. The van der Waals surface area contributed by atoms with Crippen LogP contribution in [0.1, 0.15) is 32.9 Å². The normalized spacial score (nSPS) is 11.3. The average molecular weight is 369 g/mol. The maximum Gasteiger partial charge on any atom is 0.348 e. The molecule has 0 aliphatic heterocycles. The lowest BCUT2D eigenvalue weighted by Gasteiger charge is -2.10. The van der Waals surface area contributed by atoms with Crippen LogP contribution in [0.3, 0.4) is 0 Å². The van der Waals surface area contributed by atoms with E-state index in [1.54, 1.807) is 35.7 Å². The van der Waals surface area contributed by atoms with E-state index in [1.807, 2.05) is 19.9 Å². The van der Waals surface area contributed by atoms with Crippen molar-refractivity contribution in [2.24, 2.45) is 0 Å². The van der Waals surface area contributed by atoms with Gasteiger partial charge in [-0.1, -0.05) is 6.08 Å². The van der Waals surface area contributed by atoms with Gasteiger partial charge in [-0.2, -0.15) is 10.2 Å². The number of nitriles is 1. The molecule has 7 nitrogen and oxygen atoms in total. The van der Waals surface area contributed by atoms with Crippen molar-refractivity contribution in [3.05, 3.63) is 42.3 Å². The van der Waals surface area contributed by atoms with Gasteiger partial charge >= 0.3 is 5.97 Å². The van der Waals surface area contributed by atoms with E-state index in [9.17, 15) is 10.1 Å². The van der Waals surface area contributed by atoms with Crippen molar-refractivity contribution in [3.63, 3.8) is 0 Å². The topological polar surface area (TPSA) is 85.9 Å². The predicted octanol–water partition coefficient (Wildman–Crippen LogP) is 3.55. The minimum Gasteiger partial charge on any atom is -0.487 e. The van der Waals surface area contributed by atoms with Gasteiger partial charge in [0.05, 0.1) is 19.3 Å². The summed E-state index contributed by atoms with van der Waals surface area (Å²) >= 11 is 0. The highest BCUT2D eigenvalue weighted by Crippen LogP contribution is 2.29. The van der Waals surface area contributed by atoms with Gasteiger partial charge in [-0.25, -0.2) is 4.79 Å². The lowest BCUT2D eigenvalue weighted by Crippen LogP contribution is -2.07. The Labute approximate surface area is 158 Å². The molecule has 7 heteroatoms. The standard InChI is InChI=1S/C20H23N3O4/c1-5-7-11-26-19-16(12-15(13-21)20(24)25-6-2)23-10-8-9-17(18(23)22-19)27-14(3)4/h5,8-10,12,14H,1,6-7,11H2,2-4H3/b15-12+. The fraction of sp³-hybridized carbons (Fsp3) is 0.350. The number of rotatable bonds is 9. The van der Waals surface area contributed by atoms with Gasteiger partial charge in [-0.15, -0.1) is 6.58 Å². The number of nitrogens with zero attached hydrogens (tertiary/aromatic N) is 3. The number of aromatic nitrogens is 2. The maximum absolute atomic E-state index is 12.0. The molecule has 2 heterocycles. The number of ether oxygens (including phenoxy) is 3. The third-order valence-electron chi connectivity index (χ3n) is 3.44. The molecule has 0 N–H and O–H groups in total. The van der Waals surface area contributed by atoms with Crippen LogP contribution in [-0.2, 0) is 9.53 Å². The first-order valence-electron chi connectivity index (χ1n) is 8.72. The average Bonchev–Trinajstić information content (AvgIpc) is 2.98. The summed E-state index contributed by atoms with van der Waals surface area (Å²) in [4.78, 5) is 16.5. The van der Waals surface area contributed by atoms with Crippen molar-refractivity contribution in [1.82, 2.24) is 9.38 Å². The van der Waals surface area contributed by atoms with Crippen molar-refractivity contribution < 1.29 is 19.0 Å². The molecule has 2 aromatic rings. The minimum absolute atomic E-state index is 0.0359. The van der Waals surface area contributed by atoms with E-state index in [0.717, 1.165) is 0 Å². The number of hydrogen-bond donors (Lipinski definition) is 0. The number of esters is 1. The second-order valence-electron chi connectivity index (χ2n) is 5.85. The molecule has 0 radical (unpaired) electrons. The summed E-state index contributed by atoms with van der Waals surface area (Å²) in [6, 6.07) is 5.48. The van der Waals surface area contributed by atoms with Crippen LogP contribution >= 0.6 is 0 Å². The van der Waals surface area contributed by atoms with E-state index in [4.69, 9.17) is 14.2 Å². The largest absolute Gasteiger partial charge is 0.487 e. The number of carbonyl (C=O) groups is 1. The van der Waals surface area contributed by atoms with Gasteiger partial charge in [-0.3, -0.25) is 4.40 Å². The fourth-order valence-corrected chi connectivity index (χ4v) is 2.34. The Morgan fingerprint density at radius 3 is 2.89 bits per heavy atom. The van der Waals surface area contributed by atoms with Gasteiger partial charge in [0, 0.05) is 6.20 Å². The molecule has 0 aliphatic carbocycles. The first-order valence-corrected chi connectivity index (χ1v) is 8.72. The molecule has 2 rings (SSSR count). The summed E-state index contributed by atoms with van der Waals surface area (Å²) < 4.78 is 18.2. The highest BCUT2D eigenvalue weighted by Gasteiger charge is 2.19. The number of hydrogen-bond acceptors (Lipinski definition) is 6. The number of carbonyl (C=O) groups excluding carboxylic acids is 1. The van der Waals surface area contributed by atoms with Crippen molar-refractivity contribution >= 4 is 17.7 Å².